The van der Waals surface area contributed by atoms with Crippen molar-refractivity contribution in [1.82, 2.24) is 14.7 Å². The summed E-state index contributed by atoms with van der Waals surface area (Å²) in [6.07, 6.45) is 4.28. The van der Waals surface area contributed by atoms with Crippen LogP contribution in [-0.4, -0.2) is 33.6 Å². The number of esters is 1. The van der Waals surface area contributed by atoms with Crippen molar-refractivity contribution >= 4 is 11.9 Å². The highest BCUT2D eigenvalue weighted by Crippen LogP contribution is 2.36. The second-order valence-corrected chi connectivity index (χ2v) is 6.46. The van der Waals surface area contributed by atoms with Crippen LogP contribution in [0.2, 0.25) is 0 Å². The van der Waals surface area contributed by atoms with Gasteiger partial charge in [-0.05, 0) is 24.1 Å². The number of nitrogens with zero attached hydrogens (tertiary/aromatic N) is 4. The molecule has 1 aliphatic rings. The summed E-state index contributed by atoms with van der Waals surface area (Å²) in [5.74, 6) is -0.752. The highest BCUT2D eigenvalue weighted by atomic mass is 16.5. The average molecular weight is 352 g/mol. The number of piperidine rings is 1. The zero-order valence-corrected chi connectivity index (χ0v) is 14.8. The van der Waals surface area contributed by atoms with Crippen LogP contribution in [0, 0.1) is 17.2 Å². The maximum atomic E-state index is 12.7. The number of aryl methyl sites for hydroxylation is 1. The van der Waals surface area contributed by atoms with E-state index in [9.17, 15) is 9.59 Å². The molecule has 1 aliphatic heterocycles. The van der Waals surface area contributed by atoms with E-state index in [-0.39, 0.29) is 24.5 Å². The van der Waals surface area contributed by atoms with E-state index in [2.05, 4.69) is 11.2 Å². The molecular formula is C19H20N4O3. The van der Waals surface area contributed by atoms with E-state index in [0.717, 1.165) is 11.1 Å². The molecule has 2 atom stereocenters. The van der Waals surface area contributed by atoms with Crippen molar-refractivity contribution in [2.24, 2.45) is 13.0 Å². The Morgan fingerprint density at radius 1 is 1.35 bits per heavy atom. The molecule has 2 aromatic rings. The normalized spacial score (nSPS) is 19.9. The number of hydrogen-bond donors (Lipinski definition) is 0. The fourth-order valence-electron chi connectivity index (χ4n) is 3.27. The van der Waals surface area contributed by atoms with Crippen LogP contribution in [0.4, 0.5) is 0 Å². The predicted octanol–water partition coefficient (Wildman–Crippen LogP) is 1.94. The van der Waals surface area contributed by atoms with Gasteiger partial charge in [-0.2, -0.15) is 10.4 Å². The van der Waals surface area contributed by atoms with E-state index >= 15 is 0 Å². The number of nitriles is 1. The summed E-state index contributed by atoms with van der Waals surface area (Å²) in [7, 11) is 3.51. The van der Waals surface area contributed by atoms with Crippen molar-refractivity contribution in [3.8, 4) is 6.07 Å². The molecule has 1 amide bonds. The first-order chi connectivity index (χ1) is 12.5. The third-order valence-corrected chi connectivity index (χ3v) is 4.69. The van der Waals surface area contributed by atoms with Crippen molar-refractivity contribution in [1.29, 1.82) is 5.26 Å². The predicted molar refractivity (Wildman–Crippen MR) is 92.4 cm³/mol. The lowest BCUT2D eigenvalue weighted by atomic mass is 9.86. The summed E-state index contributed by atoms with van der Waals surface area (Å²) in [4.78, 5) is 26.4. The SMILES string of the molecule is CN1C(=O)CCC(C(=O)OCc2ccc(C#N)cc2)C1c1cnn(C)c1. The van der Waals surface area contributed by atoms with Crippen molar-refractivity contribution in [3.05, 3.63) is 53.3 Å². The van der Waals surface area contributed by atoms with Gasteiger partial charge in [0.15, 0.2) is 0 Å². The second kappa shape index (κ2) is 7.40. The monoisotopic (exact) mass is 352 g/mol. The Morgan fingerprint density at radius 3 is 2.69 bits per heavy atom. The third-order valence-electron chi connectivity index (χ3n) is 4.69. The van der Waals surface area contributed by atoms with E-state index in [4.69, 9.17) is 10.00 Å². The molecule has 26 heavy (non-hydrogen) atoms. The molecule has 2 unspecified atom stereocenters. The first kappa shape index (κ1) is 17.7. The largest absolute Gasteiger partial charge is 0.461 e. The highest BCUT2D eigenvalue weighted by molar-refractivity contribution is 5.82. The summed E-state index contributed by atoms with van der Waals surface area (Å²) < 4.78 is 7.15. The third kappa shape index (κ3) is 3.59. The molecular weight excluding hydrogens is 332 g/mol. The molecule has 0 saturated carbocycles. The van der Waals surface area contributed by atoms with Crippen LogP contribution in [-0.2, 0) is 28.0 Å². The molecule has 0 aliphatic carbocycles. The van der Waals surface area contributed by atoms with Crippen molar-refractivity contribution in [3.63, 3.8) is 0 Å². The fraction of sp³-hybridized carbons (Fsp3) is 0.368. The van der Waals surface area contributed by atoms with Gasteiger partial charge in [0.2, 0.25) is 5.91 Å². The van der Waals surface area contributed by atoms with Crippen LogP contribution in [0.25, 0.3) is 0 Å². The maximum absolute atomic E-state index is 12.7. The minimum Gasteiger partial charge on any atom is -0.461 e. The number of rotatable bonds is 4. The van der Waals surface area contributed by atoms with E-state index < -0.39 is 5.92 Å². The van der Waals surface area contributed by atoms with Gasteiger partial charge in [-0.25, -0.2) is 0 Å². The standard InChI is InChI=1S/C19H20N4O3/c1-22-11-15(10-21-22)18-16(7-8-17(24)23(18)2)19(25)26-12-14-5-3-13(9-20)4-6-14/h3-6,10-11,16,18H,7-8,12H2,1-2H3. The van der Waals surface area contributed by atoms with Crippen LogP contribution in [0.15, 0.2) is 36.7 Å². The summed E-state index contributed by atoms with van der Waals surface area (Å²) >= 11 is 0. The van der Waals surface area contributed by atoms with E-state index in [1.54, 1.807) is 54.1 Å². The molecule has 0 bridgehead atoms. The first-order valence-electron chi connectivity index (χ1n) is 8.39. The van der Waals surface area contributed by atoms with Crippen LogP contribution < -0.4 is 0 Å². The van der Waals surface area contributed by atoms with Gasteiger partial charge in [-0.1, -0.05) is 12.1 Å². The average Bonchev–Trinajstić information content (AvgIpc) is 3.08. The lowest BCUT2D eigenvalue weighted by molar-refractivity contribution is -0.157. The van der Waals surface area contributed by atoms with E-state index in [0.29, 0.717) is 18.4 Å². The van der Waals surface area contributed by atoms with Gasteiger partial charge in [0.1, 0.15) is 6.61 Å². The van der Waals surface area contributed by atoms with Crippen LogP contribution in [0.1, 0.15) is 35.6 Å². The van der Waals surface area contributed by atoms with Crippen molar-refractivity contribution < 1.29 is 14.3 Å². The van der Waals surface area contributed by atoms with E-state index in [1.165, 1.54) is 0 Å². The smallest absolute Gasteiger partial charge is 0.311 e. The molecule has 0 N–H and O–H groups in total. The quantitative estimate of drug-likeness (QED) is 0.785. The van der Waals surface area contributed by atoms with Crippen LogP contribution >= 0.6 is 0 Å². The van der Waals surface area contributed by atoms with Crippen LogP contribution in [0.5, 0.6) is 0 Å². The molecule has 0 spiro atoms. The number of likely N-dealkylation sites (tertiary alicyclic amines) is 1. The summed E-state index contributed by atoms with van der Waals surface area (Å²) in [6, 6.07) is 8.58. The Balaban J connectivity index is 1.73. The van der Waals surface area contributed by atoms with Crippen LogP contribution in [0.3, 0.4) is 0 Å². The minimum absolute atomic E-state index is 0.00925. The number of benzene rings is 1. The van der Waals surface area contributed by atoms with Gasteiger partial charge in [0, 0.05) is 32.3 Å². The van der Waals surface area contributed by atoms with Gasteiger partial charge in [-0.3, -0.25) is 14.3 Å². The lowest BCUT2D eigenvalue weighted by Gasteiger charge is -2.37. The zero-order valence-electron chi connectivity index (χ0n) is 14.8. The molecule has 134 valence electrons. The molecule has 2 heterocycles. The molecule has 1 fully saturated rings. The number of hydrogen-bond acceptors (Lipinski definition) is 5. The zero-order chi connectivity index (χ0) is 18.7. The maximum Gasteiger partial charge on any atom is 0.311 e. The van der Waals surface area contributed by atoms with Gasteiger partial charge in [0.25, 0.3) is 0 Å². The number of aromatic nitrogens is 2. The Kier molecular flexibility index (Phi) is 5.03. The fourth-order valence-corrected chi connectivity index (χ4v) is 3.27. The second-order valence-electron chi connectivity index (χ2n) is 6.46. The molecule has 7 nitrogen and oxygen atoms in total. The topological polar surface area (TPSA) is 88.2 Å². The molecule has 1 saturated heterocycles. The van der Waals surface area contributed by atoms with Crippen molar-refractivity contribution in [2.75, 3.05) is 7.05 Å². The molecule has 3 rings (SSSR count). The van der Waals surface area contributed by atoms with Gasteiger partial charge < -0.3 is 9.64 Å². The molecule has 1 aromatic carbocycles. The minimum atomic E-state index is -0.430. The van der Waals surface area contributed by atoms with Gasteiger partial charge in [-0.15, -0.1) is 0 Å². The number of amides is 1. The molecule has 1 aromatic heterocycles. The van der Waals surface area contributed by atoms with Gasteiger partial charge in [0.05, 0.1) is 29.8 Å². The summed E-state index contributed by atoms with van der Waals surface area (Å²) in [5, 5.41) is 13.0. The first-order valence-corrected chi connectivity index (χ1v) is 8.39. The van der Waals surface area contributed by atoms with Crippen molar-refractivity contribution in [2.45, 2.75) is 25.5 Å². The molecule has 0 radical (unpaired) electrons. The summed E-state index contributed by atoms with van der Waals surface area (Å²) in [5.41, 5.74) is 2.20. The summed E-state index contributed by atoms with van der Waals surface area (Å²) in [6.45, 7) is 0.137. The highest BCUT2D eigenvalue weighted by Gasteiger charge is 2.40. The number of carbonyl (C=O) groups is 2. The Labute approximate surface area is 151 Å². The van der Waals surface area contributed by atoms with Gasteiger partial charge >= 0.3 is 5.97 Å². The Bertz CT molecular complexity index is 850. The van der Waals surface area contributed by atoms with E-state index in [1.807, 2.05) is 6.20 Å². The number of carbonyl (C=O) groups excluding carboxylic acids is 2. The molecule has 7 heteroatoms. The lowest BCUT2D eigenvalue weighted by Crippen LogP contribution is -2.43. The Hall–Kier alpha value is -3.14. The number of ether oxygens (including phenoxy) is 1. The Morgan fingerprint density at radius 2 is 2.08 bits per heavy atom.